The first kappa shape index (κ1) is 25.6. The zero-order valence-electron chi connectivity index (χ0n) is 19.2. The fourth-order valence-corrected chi connectivity index (χ4v) is 4.12. The standard InChI is InChI=1S/C27H22F6O3/c1-2-35-21-12-10-19(25(31)27(21)33)18-8-5-15(22(28)24(18)30)13-36-16-6-3-14(4-7-16)17-9-11-20(34)26(32)23(17)29/h3,5,8-12,16,34H,2,4,6-7,13H2,1H3. The van der Waals surface area contributed by atoms with Crippen LogP contribution in [0.5, 0.6) is 11.5 Å². The van der Waals surface area contributed by atoms with Gasteiger partial charge in [-0.3, -0.25) is 0 Å². The van der Waals surface area contributed by atoms with Crippen molar-refractivity contribution in [2.24, 2.45) is 0 Å². The van der Waals surface area contributed by atoms with Crippen molar-refractivity contribution in [3.8, 4) is 22.6 Å². The number of allylic oxidation sites excluding steroid dienone is 1. The lowest BCUT2D eigenvalue weighted by molar-refractivity contribution is 0.0342. The van der Waals surface area contributed by atoms with Crippen LogP contribution in [0.2, 0.25) is 0 Å². The average Bonchev–Trinajstić information content (AvgIpc) is 2.87. The quantitative estimate of drug-likeness (QED) is 0.337. The fourth-order valence-electron chi connectivity index (χ4n) is 4.12. The summed E-state index contributed by atoms with van der Waals surface area (Å²) in [5.74, 6) is -8.77. The van der Waals surface area contributed by atoms with Crippen molar-refractivity contribution in [3.05, 3.63) is 88.5 Å². The molecule has 0 fully saturated rings. The van der Waals surface area contributed by atoms with E-state index in [-0.39, 0.29) is 36.2 Å². The Morgan fingerprint density at radius 1 is 0.778 bits per heavy atom. The number of benzene rings is 3. The SMILES string of the molecule is CCOc1ccc(-c2ccc(COC3CC=C(c4ccc(O)c(F)c4F)CC3)c(F)c2F)c(F)c1F. The van der Waals surface area contributed by atoms with E-state index in [0.717, 1.165) is 24.3 Å². The molecule has 1 N–H and O–H groups in total. The maximum Gasteiger partial charge on any atom is 0.201 e. The molecule has 0 spiro atoms. The van der Waals surface area contributed by atoms with Crippen LogP contribution >= 0.6 is 0 Å². The predicted octanol–water partition coefficient (Wildman–Crippen LogP) is 7.45. The number of hydrogen-bond acceptors (Lipinski definition) is 3. The van der Waals surface area contributed by atoms with Gasteiger partial charge in [0.05, 0.1) is 19.3 Å². The van der Waals surface area contributed by atoms with Gasteiger partial charge in [0.25, 0.3) is 0 Å². The Kier molecular flexibility index (Phi) is 7.59. The Bertz CT molecular complexity index is 1320. The fraction of sp³-hybridized carbons (Fsp3) is 0.259. The van der Waals surface area contributed by atoms with E-state index in [1.807, 2.05) is 0 Å². The highest BCUT2D eigenvalue weighted by Crippen LogP contribution is 2.35. The molecule has 1 aliphatic carbocycles. The van der Waals surface area contributed by atoms with Gasteiger partial charge in [-0.25, -0.2) is 17.6 Å². The van der Waals surface area contributed by atoms with Gasteiger partial charge in [-0.1, -0.05) is 18.2 Å². The number of rotatable bonds is 7. The second-order valence-corrected chi connectivity index (χ2v) is 8.27. The minimum Gasteiger partial charge on any atom is -0.505 e. The van der Waals surface area contributed by atoms with Crippen LogP contribution < -0.4 is 4.74 Å². The highest BCUT2D eigenvalue weighted by Gasteiger charge is 2.24. The van der Waals surface area contributed by atoms with Crippen LogP contribution in [0.3, 0.4) is 0 Å². The molecule has 0 amide bonds. The van der Waals surface area contributed by atoms with Crippen LogP contribution in [0.4, 0.5) is 26.3 Å². The first-order chi connectivity index (χ1) is 17.2. The molecule has 0 aromatic heterocycles. The Morgan fingerprint density at radius 2 is 1.42 bits per heavy atom. The van der Waals surface area contributed by atoms with Crippen molar-refractivity contribution < 1.29 is 40.9 Å². The molecule has 0 heterocycles. The van der Waals surface area contributed by atoms with Crippen molar-refractivity contribution in [2.75, 3.05) is 6.61 Å². The van der Waals surface area contributed by atoms with Crippen LogP contribution in [-0.4, -0.2) is 17.8 Å². The van der Waals surface area contributed by atoms with Crippen LogP contribution in [0.1, 0.15) is 37.3 Å². The van der Waals surface area contributed by atoms with Crippen LogP contribution in [0.15, 0.2) is 42.5 Å². The van der Waals surface area contributed by atoms with E-state index < -0.39 is 51.8 Å². The Labute approximate surface area is 203 Å². The van der Waals surface area contributed by atoms with Crippen LogP contribution in [0, 0.1) is 34.9 Å². The third kappa shape index (κ3) is 4.93. The Morgan fingerprint density at radius 3 is 2.08 bits per heavy atom. The normalized spacial score (nSPS) is 15.6. The second-order valence-electron chi connectivity index (χ2n) is 8.27. The first-order valence-corrected chi connectivity index (χ1v) is 11.3. The number of halogens is 6. The number of hydrogen-bond donors (Lipinski definition) is 1. The minimum atomic E-state index is -1.35. The van der Waals surface area contributed by atoms with E-state index in [1.54, 1.807) is 13.0 Å². The zero-order valence-corrected chi connectivity index (χ0v) is 19.2. The molecule has 1 unspecified atom stereocenters. The zero-order chi connectivity index (χ0) is 26.0. The molecule has 1 atom stereocenters. The molecular formula is C27H22F6O3. The lowest BCUT2D eigenvalue weighted by Crippen LogP contribution is -2.16. The molecule has 0 saturated heterocycles. The van der Waals surface area contributed by atoms with E-state index in [2.05, 4.69) is 0 Å². The summed E-state index contributed by atoms with van der Waals surface area (Å²) in [6.45, 7) is 1.43. The van der Waals surface area contributed by atoms with Gasteiger partial charge in [-0.15, -0.1) is 0 Å². The summed E-state index contributed by atoms with van der Waals surface area (Å²) in [6, 6.07) is 7.02. The van der Waals surface area contributed by atoms with E-state index in [9.17, 15) is 31.4 Å². The van der Waals surface area contributed by atoms with Gasteiger partial charge >= 0.3 is 0 Å². The average molecular weight is 508 g/mol. The van der Waals surface area contributed by atoms with Gasteiger partial charge in [0.1, 0.15) is 0 Å². The van der Waals surface area contributed by atoms with Gasteiger partial charge in [0.2, 0.25) is 11.6 Å². The predicted molar refractivity (Wildman–Crippen MR) is 121 cm³/mol. The summed E-state index contributed by atoms with van der Waals surface area (Å²) in [7, 11) is 0. The highest BCUT2D eigenvalue weighted by atomic mass is 19.2. The monoisotopic (exact) mass is 508 g/mol. The molecule has 3 nitrogen and oxygen atoms in total. The van der Waals surface area contributed by atoms with Gasteiger partial charge in [0, 0.05) is 22.3 Å². The van der Waals surface area contributed by atoms with Crippen molar-refractivity contribution in [2.45, 2.75) is 38.9 Å². The maximum atomic E-state index is 14.8. The number of aromatic hydroxyl groups is 1. The minimum absolute atomic E-state index is 0.0467. The Balaban J connectivity index is 1.45. The number of phenols is 1. The van der Waals surface area contributed by atoms with Crippen molar-refractivity contribution in [1.82, 2.24) is 0 Å². The molecular weight excluding hydrogens is 486 g/mol. The molecule has 0 bridgehead atoms. The molecule has 3 aromatic carbocycles. The smallest absolute Gasteiger partial charge is 0.201 e. The largest absolute Gasteiger partial charge is 0.505 e. The van der Waals surface area contributed by atoms with Gasteiger partial charge in [-0.2, -0.15) is 8.78 Å². The summed E-state index contributed by atoms with van der Waals surface area (Å²) in [5.41, 5.74) is -0.390. The van der Waals surface area contributed by atoms with E-state index >= 15 is 0 Å². The third-order valence-electron chi connectivity index (χ3n) is 6.04. The third-order valence-corrected chi connectivity index (χ3v) is 6.04. The maximum absolute atomic E-state index is 14.8. The summed E-state index contributed by atoms with van der Waals surface area (Å²) < 4.78 is 96.5. The summed E-state index contributed by atoms with van der Waals surface area (Å²) in [6.07, 6.45) is 2.40. The number of phenolic OH excluding ortho intramolecular Hbond substituents is 1. The topological polar surface area (TPSA) is 38.7 Å². The lowest BCUT2D eigenvalue weighted by Gasteiger charge is -2.23. The molecule has 9 heteroatoms. The van der Waals surface area contributed by atoms with Crippen molar-refractivity contribution in [3.63, 3.8) is 0 Å². The molecule has 0 saturated carbocycles. The van der Waals surface area contributed by atoms with Crippen molar-refractivity contribution in [1.29, 1.82) is 0 Å². The first-order valence-electron chi connectivity index (χ1n) is 11.3. The summed E-state index contributed by atoms with van der Waals surface area (Å²) >= 11 is 0. The molecule has 3 aromatic rings. The van der Waals surface area contributed by atoms with Gasteiger partial charge < -0.3 is 14.6 Å². The van der Waals surface area contributed by atoms with E-state index in [4.69, 9.17) is 9.47 Å². The summed E-state index contributed by atoms with van der Waals surface area (Å²) in [4.78, 5) is 0. The molecule has 0 aliphatic heterocycles. The lowest BCUT2D eigenvalue weighted by atomic mass is 9.91. The Hall–Kier alpha value is -3.46. The molecule has 4 rings (SSSR count). The van der Waals surface area contributed by atoms with Crippen molar-refractivity contribution >= 4 is 5.57 Å². The highest BCUT2D eigenvalue weighted by molar-refractivity contribution is 5.68. The number of ether oxygens (including phenoxy) is 2. The molecule has 190 valence electrons. The second kappa shape index (κ2) is 10.7. The molecule has 36 heavy (non-hydrogen) atoms. The molecule has 1 aliphatic rings. The summed E-state index contributed by atoms with van der Waals surface area (Å²) in [5, 5.41) is 9.27. The van der Waals surface area contributed by atoms with Gasteiger partial charge in [-0.05, 0) is 56.0 Å². The van der Waals surface area contributed by atoms with E-state index in [1.165, 1.54) is 12.1 Å². The molecule has 0 radical (unpaired) electrons. The van der Waals surface area contributed by atoms with Crippen LogP contribution in [-0.2, 0) is 11.3 Å². The van der Waals surface area contributed by atoms with Gasteiger partial charge in [0.15, 0.2) is 34.8 Å². The van der Waals surface area contributed by atoms with Crippen LogP contribution in [0.25, 0.3) is 16.7 Å². The van der Waals surface area contributed by atoms with E-state index in [0.29, 0.717) is 24.8 Å².